The van der Waals surface area contributed by atoms with Gasteiger partial charge in [0.25, 0.3) is 5.91 Å². The van der Waals surface area contributed by atoms with E-state index >= 15 is 0 Å². The molecule has 1 saturated heterocycles. The standard InChI is InChI=1S/C23H22Cl2N6O3/c24-18-7-6-17(12-19(18)25)28-22(33)31-10-8-23(9-11-31,16-4-2-1-3-5-16)29-21-26-13-15(14-27-21)20(32)30-34/h1-7,12-14,34H,8-11H2,(H,28,33)(H,30,32)(H,26,27,29). The van der Waals surface area contributed by atoms with E-state index in [1.807, 2.05) is 30.3 Å². The number of hydrogen-bond donors (Lipinski definition) is 4. The van der Waals surface area contributed by atoms with Crippen molar-refractivity contribution >= 4 is 46.8 Å². The number of hydroxylamine groups is 1. The Morgan fingerprint density at radius 1 is 0.971 bits per heavy atom. The van der Waals surface area contributed by atoms with Gasteiger partial charge in [0, 0.05) is 31.2 Å². The van der Waals surface area contributed by atoms with Crippen LogP contribution in [0.15, 0.2) is 60.9 Å². The Hall–Kier alpha value is -3.40. The molecule has 4 rings (SSSR count). The van der Waals surface area contributed by atoms with Gasteiger partial charge >= 0.3 is 6.03 Å². The lowest BCUT2D eigenvalue weighted by atomic mass is 9.81. The van der Waals surface area contributed by atoms with Gasteiger partial charge in [-0.1, -0.05) is 53.5 Å². The molecule has 34 heavy (non-hydrogen) atoms. The number of halogens is 2. The van der Waals surface area contributed by atoms with Crippen molar-refractivity contribution in [1.82, 2.24) is 20.3 Å². The zero-order valence-corrected chi connectivity index (χ0v) is 19.5. The van der Waals surface area contributed by atoms with E-state index in [1.54, 1.807) is 28.6 Å². The number of urea groups is 1. The van der Waals surface area contributed by atoms with E-state index in [9.17, 15) is 9.59 Å². The molecular weight excluding hydrogens is 479 g/mol. The molecule has 2 aromatic carbocycles. The first-order chi connectivity index (χ1) is 16.4. The summed E-state index contributed by atoms with van der Waals surface area (Å²) in [4.78, 5) is 34.6. The van der Waals surface area contributed by atoms with Gasteiger partial charge in [0.2, 0.25) is 5.95 Å². The third-order valence-corrected chi connectivity index (χ3v) is 6.51. The maximum atomic E-state index is 12.8. The lowest BCUT2D eigenvalue weighted by Crippen LogP contribution is -2.50. The second kappa shape index (κ2) is 10.3. The Morgan fingerprint density at radius 2 is 1.65 bits per heavy atom. The van der Waals surface area contributed by atoms with Crippen LogP contribution in [0, 0.1) is 0 Å². The summed E-state index contributed by atoms with van der Waals surface area (Å²) < 4.78 is 0. The van der Waals surface area contributed by atoms with Gasteiger partial charge in [-0.15, -0.1) is 0 Å². The number of carbonyl (C=O) groups is 2. The number of amides is 3. The van der Waals surface area contributed by atoms with Crippen LogP contribution < -0.4 is 16.1 Å². The highest BCUT2D eigenvalue weighted by molar-refractivity contribution is 6.42. The summed E-state index contributed by atoms with van der Waals surface area (Å²) in [5, 5.41) is 15.8. The van der Waals surface area contributed by atoms with Crippen molar-refractivity contribution < 1.29 is 14.8 Å². The minimum atomic E-state index is -0.689. The van der Waals surface area contributed by atoms with Gasteiger partial charge in [-0.25, -0.2) is 20.2 Å². The van der Waals surface area contributed by atoms with Crippen molar-refractivity contribution in [3.63, 3.8) is 0 Å². The van der Waals surface area contributed by atoms with Crippen molar-refractivity contribution in [2.45, 2.75) is 18.4 Å². The summed E-state index contributed by atoms with van der Waals surface area (Å²) >= 11 is 12.0. The van der Waals surface area contributed by atoms with Crippen LogP contribution in [0.1, 0.15) is 28.8 Å². The highest BCUT2D eigenvalue weighted by atomic mass is 35.5. The minimum Gasteiger partial charge on any atom is -0.345 e. The monoisotopic (exact) mass is 500 g/mol. The van der Waals surface area contributed by atoms with Gasteiger partial charge in [-0.05, 0) is 36.6 Å². The molecule has 1 aromatic heterocycles. The van der Waals surface area contributed by atoms with Gasteiger partial charge in [0.15, 0.2) is 0 Å². The van der Waals surface area contributed by atoms with Crippen LogP contribution >= 0.6 is 23.2 Å². The van der Waals surface area contributed by atoms with Gasteiger partial charge in [-0.2, -0.15) is 0 Å². The Labute approximate surface area is 206 Å². The zero-order chi connectivity index (χ0) is 24.1. The number of hydrogen-bond acceptors (Lipinski definition) is 6. The molecule has 0 radical (unpaired) electrons. The molecular formula is C23H22Cl2N6O3. The Kier molecular flexibility index (Phi) is 7.16. The van der Waals surface area contributed by atoms with Crippen LogP contribution in [0.5, 0.6) is 0 Å². The van der Waals surface area contributed by atoms with Crippen LogP contribution in [0.3, 0.4) is 0 Å². The average molecular weight is 501 g/mol. The Balaban J connectivity index is 1.49. The molecule has 11 heteroatoms. The van der Waals surface area contributed by atoms with Crippen molar-refractivity contribution in [1.29, 1.82) is 0 Å². The fourth-order valence-electron chi connectivity index (χ4n) is 3.90. The molecule has 3 amide bonds. The van der Waals surface area contributed by atoms with Crippen molar-refractivity contribution in [3.05, 3.63) is 82.1 Å². The number of nitrogens with zero attached hydrogens (tertiary/aromatic N) is 3. The molecule has 1 fully saturated rings. The van der Waals surface area contributed by atoms with Crippen LogP contribution in [-0.4, -0.2) is 45.1 Å². The molecule has 0 atom stereocenters. The molecule has 0 spiro atoms. The second-order valence-corrected chi connectivity index (χ2v) is 8.67. The largest absolute Gasteiger partial charge is 0.345 e. The molecule has 3 aromatic rings. The second-order valence-electron chi connectivity index (χ2n) is 7.86. The molecule has 0 saturated carbocycles. The number of piperidine rings is 1. The van der Waals surface area contributed by atoms with Crippen LogP contribution in [0.4, 0.5) is 16.4 Å². The molecule has 1 aliphatic heterocycles. The predicted molar refractivity (Wildman–Crippen MR) is 129 cm³/mol. The van der Waals surface area contributed by atoms with Gasteiger partial charge < -0.3 is 15.5 Å². The van der Waals surface area contributed by atoms with E-state index in [-0.39, 0.29) is 11.6 Å². The van der Waals surface area contributed by atoms with E-state index in [2.05, 4.69) is 20.6 Å². The van der Waals surface area contributed by atoms with Crippen LogP contribution in [0.25, 0.3) is 0 Å². The highest BCUT2D eigenvalue weighted by Crippen LogP contribution is 2.36. The van der Waals surface area contributed by atoms with E-state index in [0.717, 1.165) is 5.56 Å². The van der Waals surface area contributed by atoms with E-state index < -0.39 is 11.4 Å². The van der Waals surface area contributed by atoms with Gasteiger partial charge in [0.05, 0.1) is 21.1 Å². The first kappa shape index (κ1) is 23.7. The minimum absolute atomic E-state index is 0.135. The number of benzene rings is 2. The number of likely N-dealkylation sites (tertiary alicyclic amines) is 1. The van der Waals surface area contributed by atoms with Crippen molar-refractivity contribution in [3.8, 4) is 0 Å². The first-order valence-electron chi connectivity index (χ1n) is 10.5. The summed E-state index contributed by atoms with van der Waals surface area (Å²) in [7, 11) is 0. The van der Waals surface area contributed by atoms with Gasteiger partial charge in [0.1, 0.15) is 0 Å². The van der Waals surface area contributed by atoms with Crippen LogP contribution in [0.2, 0.25) is 10.0 Å². The summed E-state index contributed by atoms with van der Waals surface area (Å²) in [6.45, 7) is 0.972. The number of nitrogens with one attached hydrogen (secondary N) is 3. The van der Waals surface area contributed by atoms with Crippen molar-refractivity contribution in [2.75, 3.05) is 23.7 Å². The maximum Gasteiger partial charge on any atom is 0.321 e. The zero-order valence-electron chi connectivity index (χ0n) is 18.0. The van der Waals surface area contributed by atoms with E-state index in [4.69, 9.17) is 28.4 Å². The summed E-state index contributed by atoms with van der Waals surface area (Å²) in [5.41, 5.74) is 2.79. The molecule has 4 N–H and O–H groups in total. The molecule has 1 aliphatic rings. The molecule has 2 heterocycles. The van der Waals surface area contributed by atoms with Crippen molar-refractivity contribution in [2.24, 2.45) is 0 Å². The molecule has 0 bridgehead atoms. The van der Waals surface area contributed by atoms with Crippen LogP contribution in [-0.2, 0) is 5.54 Å². The number of rotatable bonds is 5. The number of anilines is 2. The topological polar surface area (TPSA) is 119 Å². The number of aromatic nitrogens is 2. The first-order valence-corrected chi connectivity index (χ1v) is 11.3. The third kappa shape index (κ3) is 5.22. The average Bonchev–Trinajstić information content (AvgIpc) is 2.87. The lowest BCUT2D eigenvalue weighted by Gasteiger charge is -2.42. The summed E-state index contributed by atoms with van der Waals surface area (Å²) in [5.74, 6) is -0.349. The van der Waals surface area contributed by atoms with E-state index in [0.29, 0.717) is 47.6 Å². The number of carbonyl (C=O) groups excluding carboxylic acids is 2. The Morgan fingerprint density at radius 3 is 2.26 bits per heavy atom. The van der Waals surface area contributed by atoms with E-state index in [1.165, 1.54) is 12.4 Å². The summed E-state index contributed by atoms with van der Waals surface area (Å²) in [6, 6.07) is 14.6. The fraction of sp³-hybridized carbons (Fsp3) is 0.217. The maximum absolute atomic E-state index is 12.8. The highest BCUT2D eigenvalue weighted by Gasteiger charge is 2.38. The molecule has 9 nitrogen and oxygen atoms in total. The predicted octanol–water partition coefficient (Wildman–Crippen LogP) is 4.54. The summed E-state index contributed by atoms with van der Waals surface area (Å²) in [6.07, 6.45) is 3.88. The third-order valence-electron chi connectivity index (χ3n) is 5.77. The SMILES string of the molecule is O=C(NO)c1cnc(NC2(c3ccccc3)CCN(C(=O)Nc3ccc(Cl)c(Cl)c3)CC2)nc1. The fourth-order valence-corrected chi connectivity index (χ4v) is 4.20. The Bertz CT molecular complexity index is 1170. The smallest absolute Gasteiger partial charge is 0.321 e. The molecule has 0 unspecified atom stereocenters. The quantitative estimate of drug-likeness (QED) is 0.301. The molecule has 176 valence electrons. The lowest BCUT2D eigenvalue weighted by molar-refractivity contribution is 0.0705. The normalized spacial score (nSPS) is 14.9. The van der Waals surface area contributed by atoms with Gasteiger partial charge in [-0.3, -0.25) is 10.0 Å². The molecule has 0 aliphatic carbocycles.